The fourth-order valence-electron chi connectivity index (χ4n) is 1.50. The summed E-state index contributed by atoms with van der Waals surface area (Å²) < 4.78 is 14.3. The van der Waals surface area contributed by atoms with Crippen molar-refractivity contribution in [1.82, 2.24) is 4.90 Å². The van der Waals surface area contributed by atoms with E-state index in [1.807, 2.05) is 13.8 Å². The average molecular weight is 323 g/mol. The number of benzene rings is 1. The lowest BCUT2D eigenvalue weighted by molar-refractivity contribution is 0.0713. The normalized spacial score (nSPS) is 10.7. The van der Waals surface area contributed by atoms with Crippen LogP contribution in [0.2, 0.25) is 0 Å². The standard InChI is InChI=1S/C12H14BrClFNO/c1-8(2)16(6-5-14)12(17)10-7-9(13)3-4-11(10)15/h3-4,7-8H,5-6H2,1-2H3. The molecular formula is C12H14BrClFNO. The minimum Gasteiger partial charge on any atom is -0.335 e. The lowest BCUT2D eigenvalue weighted by Crippen LogP contribution is -2.38. The maximum Gasteiger partial charge on any atom is 0.257 e. The van der Waals surface area contributed by atoms with Crippen molar-refractivity contribution in [3.05, 3.63) is 34.1 Å². The zero-order valence-corrected chi connectivity index (χ0v) is 12.1. The number of hydrogen-bond donors (Lipinski definition) is 0. The summed E-state index contributed by atoms with van der Waals surface area (Å²) in [6, 6.07) is 4.31. The van der Waals surface area contributed by atoms with Crippen molar-refractivity contribution in [2.75, 3.05) is 12.4 Å². The molecule has 1 aromatic carbocycles. The molecule has 0 fully saturated rings. The van der Waals surface area contributed by atoms with Gasteiger partial charge in [0.2, 0.25) is 0 Å². The second kappa shape index (κ2) is 6.36. The minimum absolute atomic E-state index is 0.0142. The van der Waals surface area contributed by atoms with E-state index in [0.717, 1.165) is 0 Å². The summed E-state index contributed by atoms with van der Waals surface area (Å²) in [5.74, 6) is -0.516. The van der Waals surface area contributed by atoms with Crippen molar-refractivity contribution in [3.8, 4) is 0 Å². The Morgan fingerprint density at radius 1 is 1.53 bits per heavy atom. The fourth-order valence-corrected chi connectivity index (χ4v) is 2.04. The van der Waals surface area contributed by atoms with Gasteiger partial charge in [0.05, 0.1) is 5.56 Å². The maximum atomic E-state index is 13.6. The van der Waals surface area contributed by atoms with Crippen LogP contribution in [0.25, 0.3) is 0 Å². The van der Waals surface area contributed by atoms with Crippen molar-refractivity contribution in [3.63, 3.8) is 0 Å². The highest BCUT2D eigenvalue weighted by Crippen LogP contribution is 2.18. The molecule has 2 nitrogen and oxygen atoms in total. The molecule has 0 bridgehead atoms. The Bertz CT molecular complexity index is 411. The molecule has 0 aliphatic carbocycles. The minimum atomic E-state index is -0.515. The molecule has 5 heteroatoms. The molecular weight excluding hydrogens is 308 g/mol. The SMILES string of the molecule is CC(C)N(CCCl)C(=O)c1cc(Br)ccc1F. The molecule has 0 N–H and O–H groups in total. The lowest BCUT2D eigenvalue weighted by Gasteiger charge is -2.26. The molecule has 0 radical (unpaired) electrons. The molecule has 0 unspecified atom stereocenters. The molecule has 0 aliphatic heterocycles. The van der Waals surface area contributed by atoms with Gasteiger partial charge in [-0.05, 0) is 32.0 Å². The predicted octanol–water partition coefficient (Wildman–Crippen LogP) is 3.68. The second-order valence-electron chi connectivity index (χ2n) is 3.91. The monoisotopic (exact) mass is 321 g/mol. The summed E-state index contributed by atoms with van der Waals surface area (Å²) in [6.07, 6.45) is 0. The molecule has 0 aliphatic rings. The lowest BCUT2D eigenvalue weighted by atomic mass is 10.1. The van der Waals surface area contributed by atoms with Crippen LogP contribution in [0, 0.1) is 5.82 Å². The Balaban J connectivity index is 3.04. The van der Waals surface area contributed by atoms with E-state index in [1.165, 1.54) is 12.1 Å². The summed E-state index contributed by atoms with van der Waals surface area (Å²) >= 11 is 8.87. The Labute approximate surface area is 114 Å². The molecule has 0 spiro atoms. The topological polar surface area (TPSA) is 20.3 Å². The van der Waals surface area contributed by atoms with E-state index in [4.69, 9.17) is 11.6 Å². The van der Waals surface area contributed by atoms with Crippen molar-refractivity contribution in [2.45, 2.75) is 19.9 Å². The number of nitrogens with zero attached hydrogens (tertiary/aromatic N) is 1. The Kier molecular flexibility index (Phi) is 5.40. The van der Waals surface area contributed by atoms with Crippen molar-refractivity contribution in [1.29, 1.82) is 0 Å². The van der Waals surface area contributed by atoms with Gasteiger partial charge in [-0.25, -0.2) is 4.39 Å². The number of rotatable bonds is 4. The first-order valence-electron chi connectivity index (χ1n) is 5.29. The Hall–Kier alpha value is -0.610. The summed E-state index contributed by atoms with van der Waals surface area (Å²) in [5, 5.41) is 0. The van der Waals surface area contributed by atoms with Crippen LogP contribution in [0.1, 0.15) is 24.2 Å². The average Bonchev–Trinajstić information content (AvgIpc) is 2.28. The summed E-state index contributed by atoms with van der Waals surface area (Å²) in [5.41, 5.74) is 0.0678. The number of halogens is 3. The van der Waals surface area contributed by atoms with Crippen LogP contribution in [0.15, 0.2) is 22.7 Å². The number of hydrogen-bond acceptors (Lipinski definition) is 1. The van der Waals surface area contributed by atoms with E-state index in [2.05, 4.69) is 15.9 Å². The van der Waals surface area contributed by atoms with Gasteiger partial charge in [-0.15, -0.1) is 11.6 Å². The van der Waals surface area contributed by atoms with Crippen LogP contribution in [-0.2, 0) is 0 Å². The highest BCUT2D eigenvalue weighted by molar-refractivity contribution is 9.10. The first-order chi connectivity index (χ1) is 7.97. The van der Waals surface area contributed by atoms with Crippen LogP contribution < -0.4 is 0 Å². The van der Waals surface area contributed by atoms with Gasteiger partial charge in [-0.2, -0.15) is 0 Å². The first kappa shape index (κ1) is 14.5. The molecule has 0 saturated heterocycles. The Morgan fingerprint density at radius 3 is 2.71 bits per heavy atom. The summed E-state index contributed by atoms with van der Waals surface area (Å²) in [4.78, 5) is 13.7. The third kappa shape index (κ3) is 3.68. The van der Waals surface area contributed by atoms with E-state index >= 15 is 0 Å². The fraction of sp³-hybridized carbons (Fsp3) is 0.417. The third-order valence-electron chi connectivity index (χ3n) is 2.37. The maximum absolute atomic E-state index is 13.6. The smallest absolute Gasteiger partial charge is 0.257 e. The highest BCUT2D eigenvalue weighted by Gasteiger charge is 2.21. The zero-order valence-electron chi connectivity index (χ0n) is 9.71. The number of amides is 1. The van der Waals surface area contributed by atoms with Gasteiger partial charge in [-0.1, -0.05) is 15.9 Å². The second-order valence-corrected chi connectivity index (χ2v) is 5.20. The molecule has 17 heavy (non-hydrogen) atoms. The number of carbonyl (C=O) groups is 1. The van der Waals surface area contributed by atoms with Gasteiger partial charge >= 0.3 is 0 Å². The van der Waals surface area contributed by atoms with E-state index in [1.54, 1.807) is 11.0 Å². The molecule has 1 aromatic rings. The predicted molar refractivity (Wildman–Crippen MR) is 71.0 cm³/mol. The van der Waals surface area contributed by atoms with E-state index in [9.17, 15) is 9.18 Å². The van der Waals surface area contributed by atoms with Gasteiger partial charge in [0, 0.05) is 22.9 Å². The van der Waals surface area contributed by atoms with Gasteiger partial charge in [0.25, 0.3) is 5.91 Å². The van der Waals surface area contributed by atoms with E-state index < -0.39 is 5.82 Å². The molecule has 94 valence electrons. The van der Waals surface area contributed by atoms with Crippen LogP contribution in [-0.4, -0.2) is 29.3 Å². The van der Waals surface area contributed by atoms with Crippen LogP contribution in [0.4, 0.5) is 4.39 Å². The molecule has 0 atom stereocenters. The highest BCUT2D eigenvalue weighted by atomic mass is 79.9. The van der Waals surface area contributed by atoms with Crippen molar-refractivity contribution >= 4 is 33.4 Å². The molecule has 1 rings (SSSR count). The van der Waals surface area contributed by atoms with Crippen LogP contribution in [0.3, 0.4) is 0 Å². The van der Waals surface area contributed by atoms with Gasteiger partial charge in [-0.3, -0.25) is 4.79 Å². The van der Waals surface area contributed by atoms with Crippen LogP contribution >= 0.6 is 27.5 Å². The van der Waals surface area contributed by atoms with Gasteiger partial charge < -0.3 is 4.90 Å². The van der Waals surface area contributed by atoms with E-state index in [-0.39, 0.29) is 17.5 Å². The zero-order chi connectivity index (χ0) is 13.0. The number of carbonyl (C=O) groups excluding carboxylic acids is 1. The first-order valence-corrected chi connectivity index (χ1v) is 6.62. The Morgan fingerprint density at radius 2 is 2.18 bits per heavy atom. The number of alkyl halides is 1. The van der Waals surface area contributed by atoms with E-state index in [0.29, 0.717) is 16.9 Å². The van der Waals surface area contributed by atoms with Crippen LogP contribution in [0.5, 0.6) is 0 Å². The van der Waals surface area contributed by atoms with Gasteiger partial charge in [0.15, 0.2) is 0 Å². The van der Waals surface area contributed by atoms with Gasteiger partial charge in [0.1, 0.15) is 5.82 Å². The largest absolute Gasteiger partial charge is 0.335 e. The van der Waals surface area contributed by atoms with Crippen molar-refractivity contribution in [2.24, 2.45) is 0 Å². The quantitative estimate of drug-likeness (QED) is 0.774. The van der Waals surface area contributed by atoms with Crippen molar-refractivity contribution < 1.29 is 9.18 Å². The summed E-state index contributed by atoms with van der Waals surface area (Å²) in [6.45, 7) is 4.16. The third-order valence-corrected chi connectivity index (χ3v) is 3.03. The summed E-state index contributed by atoms with van der Waals surface area (Å²) in [7, 11) is 0. The molecule has 1 amide bonds. The molecule has 0 aromatic heterocycles. The molecule has 0 saturated carbocycles. The molecule has 0 heterocycles.